The second-order valence-electron chi connectivity index (χ2n) is 12.8. The van der Waals surface area contributed by atoms with Crippen molar-refractivity contribution < 1.29 is 40.6 Å². The number of carbonyl (C=O) groups is 1. The van der Waals surface area contributed by atoms with Crippen LogP contribution in [0.3, 0.4) is 0 Å². The fraction of sp³-hybridized carbons (Fsp3) is 0.278. The lowest BCUT2D eigenvalue weighted by molar-refractivity contribution is -0.137. The summed E-state index contributed by atoms with van der Waals surface area (Å²) in [4.78, 5) is 11.3. The summed E-state index contributed by atoms with van der Waals surface area (Å²) < 4.78 is 80.6. The van der Waals surface area contributed by atoms with Crippen LogP contribution in [-0.2, 0) is 37.9 Å². The molecule has 7 rings (SSSR count). The van der Waals surface area contributed by atoms with Gasteiger partial charge in [-0.05, 0) is 73.9 Å². The molecule has 0 spiro atoms. The van der Waals surface area contributed by atoms with Gasteiger partial charge in [0, 0.05) is 72.1 Å². The lowest BCUT2D eigenvalue weighted by atomic mass is 9.87. The Morgan fingerprint density at radius 2 is 1.61 bits per heavy atom. The third-order valence-electron chi connectivity index (χ3n) is 9.43. The van der Waals surface area contributed by atoms with Crippen LogP contribution in [0, 0.1) is 0 Å². The van der Waals surface area contributed by atoms with Gasteiger partial charge in [-0.1, -0.05) is 6.07 Å². The van der Waals surface area contributed by atoms with Crippen molar-refractivity contribution in [2.24, 2.45) is 10.2 Å². The number of hydrogen-bond acceptors (Lipinski definition) is 10. The Morgan fingerprint density at radius 1 is 0.922 bits per heavy atom. The summed E-state index contributed by atoms with van der Waals surface area (Å²) in [5.41, 5.74) is 4.83. The first-order valence-electron chi connectivity index (χ1n) is 16.4. The number of aliphatic carboxylic acids is 1. The number of azo groups is 1. The highest BCUT2D eigenvalue weighted by Gasteiger charge is 2.32. The minimum Gasteiger partial charge on any atom is -0.744 e. The van der Waals surface area contributed by atoms with Crippen molar-refractivity contribution in [1.29, 1.82) is 0 Å². The first-order chi connectivity index (χ1) is 24.3. The predicted molar refractivity (Wildman–Crippen MR) is 186 cm³/mol. The summed E-state index contributed by atoms with van der Waals surface area (Å²) in [5.74, 6) is 0.0531. The molecule has 3 aliphatic rings. The number of benzene rings is 4. The first kappa shape index (κ1) is 34.5. The van der Waals surface area contributed by atoms with Crippen molar-refractivity contribution in [2.45, 2.75) is 48.3 Å². The molecule has 0 aliphatic carbocycles. The zero-order valence-corrected chi connectivity index (χ0v) is 29.2. The van der Waals surface area contributed by atoms with Crippen LogP contribution in [0.4, 0.5) is 17.1 Å². The van der Waals surface area contributed by atoms with Gasteiger partial charge in [0.1, 0.15) is 34.7 Å². The number of carboxylic acid groups (broad SMARTS) is 1. The molecule has 0 unspecified atom stereocenters. The van der Waals surface area contributed by atoms with E-state index in [0.29, 0.717) is 58.3 Å². The van der Waals surface area contributed by atoms with Crippen LogP contribution in [0.5, 0.6) is 11.5 Å². The average Bonchev–Trinajstić information content (AvgIpc) is 3.09. The van der Waals surface area contributed by atoms with Gasteiger partial charge in [-0.3, -0.25) is 9.35 Å². The quantitative estimate of drug-likeness (QED) is 0.119. The molecular formula is C36H34N4O9S2. The van der Waals surface area contributed by atoms with E-state index in [1.54, 1.807) is 30.3 Å². The van der Waals surface area contributed by atoms with Gasteiger partial charge in [-0.2, -0.15) is 18.6 Å². The molecule has 15 heteroatoms. The highest BCUT2D eigenvalue weighted by molar-refractivity contribution is 7.86. The van der Waals surface area contributed by atoms with E-state index < -0.39 is 36.0 Å². The summed E-state index contributed by atoms with van der Waals surface area (Å²) in [5, 5.41) is 19.4. The Hall–Kier alpha value is -4.96. The molecule has 3 aliphatic heterocycles. The number of fused-ring (bicyclic) bond motifs is 3. The smallest absolute Gasteiger partial charge is 0.303 e. The third kappa shape index (κ3) is 6.89. The van der Waals surface area contributed by atoms with E-state index in [1.807, 2.05) is 30.1 Å². The molecule has 3 heterocycles. The van der Waals surface area contributed by atoms with Crippen molar-refractivity contribution in [3.05, 3.63) is 99.6 Å². The Morgan fingerprint density at radius 3 is 2.31 bits per heavy atom. The average molecular weight is 731 g/mol. The molecular weight excluding hydrogens is 697 g/mol. The Bertz CT molecular complexity index is 2480. The monoisotopic (exact) mass is 730 g/mol. The molecule has 4 aromatic rings. The van der Waals surface area contributed by atoms with Gasteiger partial charge in [-0.25, -0.2) is 13.0 Å². The van der Waals surface area contributed by atoms with E-state index in [9.17, 15) is 30.7 Å². The van der Waals surface area contributed by atoms with Gasteiger partial charge in [0.25, 0.3) is 10.1 Å². The SMILES string of the molecule is CN(CCCC(=O)O)c1ccc(N=Nc2ccc3c(c2)Oc2c4c5c(cc2=C3c2ccc(S(=O)(=O)O)cc2S(=O)(=O)[O-])CCC[N+]=5CCC4)cc1. The van der Waals surface area contributed by atoms with E-state index in [-0.39, 0.29) is 12.0 Å². The normalized spacial score (nSPS) is 15.2. The highest BCUT2D eigenvalue weighted by atomic mass is 32.2. The number of aryl methyl sites for hydroxylation is 1. The van der Waals surface area contributed by atoms with Crippen LogP contribution in [-0.4, -0.2) is 63.7 Å². The van der Waals surface area contributed by atoms with E-state index >= 15 is 0 Å². The van der Waals surface area contributed by atoms with Crippen LogP contribution < -0.4 is 24.8 Å². The standard InChI is InChI=1S/C36H34N4O9S2/c1-39(16-4-7-33(41)42)25-11-8-23(9-12-25)37-38-24-10-14-27-31(20-24)49-36-29-6-3-18-40-17-2-5-22(35(29)40)19-30(36)34(27)28-15-13-26(50(43,44)45)21-32(28)51(46,47)48/h8-15,19-21H,2-7,16-18H2,1H3,(H2-,41,42,43,44,45,46,47,48). The van der Waals surface area contributed by atoms with Gasteiger partial charge >= 0.3 is 5.97 Å². The Balaban J connectivity index is 1.34. The molecule has 13 nitrogen and oxygen atoms in total. The van der Waals surface area contributed by atoms with Crippen molar-refractivity contribution in [3.63, 3.8) is 0 Å². The zero-order chi connectivity index (χ0) is 36.1. The summed E-state index contributed by atoms with van der Waals surface area (Å²) in [6.07, 6.45) is 3.98. The summed E-state index contributed by atoms with van der Waals surface area (Å²) in [7, 11) is -8.15. The van der Waals surface area contributed by atoms with E-state index in [2.05, 4.69) is 14.8 Å². The van der Waals surface area contributed by atoms with Gasteiger partial charge in [0.05, 0.1) is 26.7 Å². The maximum absolute atomic E-state index is 12.7. The van der Waals surface area contributed by atoms with Gasteiger partial charge < -0.3 is 19.3 Å². The fourth-order valence-electron chi connectivity index (χ4n) is 7.10. The van der Waals surface area contributed by atoms with Crippen molar-refractivity contribution in [1.82, 2.24) is 4.58 Å². The van der Waals surface area contributed by atoms with E-state index in [1.165, 1.54) is 6.07 Å². The van der Waals surface area contributed by atoms with Crippen molar-refractivity contribution in [2.75, 3.05) is 31.6 Å². The van der Waals surface area contributed by atoms with Crippen molar-refractivity contribution in [3.8, 4) is 11.5 Å². The van der Waals surface area contributed by atoms with Crippen LogP contribution in [0.1, 0.15) is 47.9 Å². The summed E-state index contributed by atoms with van der Waals surface area (Å²) in [6, 6.07) is 17.4. The number of hydrogen-bond donors (Lipinski definition) is 2. The number of anilines is 1. The molecule has 0 atom stereocenters. The van der Waals surface area contributed by atoms with E-state index in [0.717, 1.165) is 67.0 Å². The number of rotatable bonds is 10. The van der Waals surface area contributed by atoms with Crippen LogP contribution in [0.25, 0.3) is 5.57 Å². The van der Waals surface area contributed by atoms with Gasteiger partial charge in [0.15, 0.2) is 0 Å². The number of ether oxygens (including phenoxy) is 1. The Kier molecular flexibility index (Phi) is 8.99. The van der Waals surface area contributed by atoms with Gasteiger partial charge in [0.2, 0.25) is 5.36 Å². The maximum atomic E-state index is 12.7. The largest absolute Gasteiger partial charge is 0.744 e. The minimum absolute atomic E-state index is 0.0128. The molecule has 0 fully saturated rings. The molecule has 0 radical (unpaired) electrons. The maximum Gasteiger partial charge on any atom is 0.303 e. The predicted octanol–water partition coefficient (Wildman–Crippen LogP) is 4.29. The first-order valence-corrected chi connectivity index (χ1v) is 19.3. The molecule has 0 saturated carbocycles. The molecule has 264 valence electrons. The molecule has 51 heavy (non-hydrogen) atoms. The number of nitrogens with zero attached hydrogens (tertiary/aromatic N) is 4. The van der Waals surface area contributed by atoms with E-state index in [4.69, 9.17) is 9.84 Å². The summed E-state index contributed by atoms with van der Waals surface area (Å²) in [6.45, 7) is 2.40. The van der Waals surface area contributed by atoms with Crippen LogP contribution in [0.15, 0.2) is 86.7 Å². The Labute approximate surface area is 294 Å². The van der Waals surface area contributed by atoms with Crippen molar-refractivity contribution >= 4 is 48.8 Å². The zero-order valence-electron chi connectivity index (χ0n) is 27.6. The summed E-state index contributed by atoms with van der Waals surface area (Å²) >= 11 is 0. The molecule has 2 N–H and O–H groups in total. The second-order valence-corrected chi connectivity index (χ2v) is 15.6. The molecule has 0 bridgehead atoms. The van der Waals surface area contributed by atoms with Crippen LogP contribution >= 0.6 is 0 Å². The minimum atomic E-state index is -5.22. The molecule has 4 aromatic carbocycles. The number of carboxylic acids is 1. The van der Waals surface area contributed by atoms with Gasteiger partial charge in [-0.15, -0.1) is 0 Å². The fourth-order valence-corrected chi connectivity index (χ4v) is 8.40. The lowest BCUT2D eigenvalue weighted by Crippen LogP contribution is -2.45. The molecule has 0 amide bonds. The topological polar surface area (TPSA) is 189 Å². The third-order valence-corrected chi connectivity index (χ3v) is 11.2. The lowest BCUT2D eigenvalue weighted by Gasteiger charge is -2.27. The highest BCUT2D eigenvalue weighted by Crippen LogP contribution is 2.42. The second kappa shape index (κ2) is 13.3. The van der Waals surface area contributed by atoms with Crippen LogP contribution in [0.2, 0.25) is 0 Å². The molecule has 0 saturated heterocycles. The molecule has 0 aromatic heterocycles.